The molecule has 24 heavy (non-hydrogen) atoms. The lowest BCUT2D eigenvalue weighted by molar-refractivity contribution is 0.0936. The quantitative estimate of drug-likeness (QED) is 0.762. The Morgan fingerprint density at radius 2 is 1.79 bits per heavy atom. The molecule has 0 aliphatic heterocycles. The molecule has 0 heterocycles. The number of amides is 1. The van der Waals surface area contributed by atoms with Crippen molar-refractivity contribution >= 4 is 16.7 Å². The zero-order chi connectivity index (χ0) is 17.1. The normalized spacial score (nSPS) is 11.9. The van der Waals surface area contributed by atoms with Gasteiger partial charge in [-0.15, -0.1) is 0 Å². The SMILES string of the molecule is COc1cccc(C(=O)NC(C)c2ccc3ccccc3c2)c1O. The van der Waals surface area contributed by atoms with Gasteiger partial charge >= 0.3 is 0 Å². The summed E-state index contributed by atoms with van der Waals surface area (Å²) in [5.74, 6) is -0.212. The van der Waals surface area contributed by atoms with Crippen LogP contribution in [-0.4, -0.2) is 18.1 Å². The molecule has 0 saturated carbocycles. The van der Waals surface area contributed by atoms with E-state index >= 15 is 0 Å². The molecular weight excluding hydrogens is 302 g/mol. The molecule has 4 nitrogen and oxygen atoms in total. The first-order valence-corrected chi connectivity index (χ1v) is 7.75. The summed E-state index contributed by atoms with van der Waals surface area (Å²) >= 11 is 0. The summed E-state index contributed by atoms with van der Waals surface area (Å²) in [6.45, 7) is 1.92. The number of fused-ring (bicyclic) bond motifs is 1. The molecule has 0 aromatic heterocycles. The van der Waals surface area contributed by atoms with Crippen LogP contribution in [0.2, 0.25) is 0 Å². The van der Waals surface area contributed by atoms with Crippen LogP contribution in [0.15, 0.2) is 60.7 Å². The molecule has 1 atom stereocenters. The first kappa shape index (κ1) is 15.9. The second-order valence-electron chi connectivity index (χ2n) is 5.66. The minimum Gasteiger partial charge on any atom is -0.504 e. The summed E-state index contributed by atoms with van der Waals surface area (Å²) in [5.41, 5.74) is 1.20. The predicted octanol–water partition coefficient (Wildman–Crippen LogP) is 4.05. The van der Waals surface area contributed by atoms with Crippen molar-refractivity contribution < 1.29 is 14.6 Å². The Balaban J connectivity index is 1.83. The third-order valence-electron chi connectivity index (χ3n) is 4.08. The molecule has 0 fully saturated rings. The van der Waals surface area contributed by atoms with E-state index in [1.54, 1.807) is 18.2 Å². The molecule has 0 spiro atoms. The zero-order valence-corrected chi connectivity index (χ0v) is 13.6. The van der Waals surface area contributed by atoms with Gasteiger partial charge in [0, 0.05) is 0 Å². The predicted molar refractivity (Wildman–Crippen MR) is 94.5 cm³/mol. The molecule has 4 heteroatoms. The van der Waals surface area contributed by atoms with Crippen molar-refractivity contribution in [2.75, 3.05) is 7.11 Å². The Morgan fingerprint density at radius 3 is 2.54 bits per heavy atom. The number of nitrogens with one attached hydrogen (secondary N) is 1. The number of carbonyl (C=O) groups is 1. The highest BCUT2D eigenvalue weighted by Gasteiger charge is 2.17. The molecular formula is C20H19NO3. The molecule has 0 aliphatic rings. The first-order valence-electron chi connectivity index (χ1n) is 7.75. The number of benzene rings is 3. The van der Waals surface area contributed by atoms with E-state index in [2.05, 4.69) is 17.4 Å². The van der Waals surface area contributed by atoms with E-state index in [0.29, 0.717) is 0 Å². The van der Waals surface area contributed by atoms with Crippen LogP contribution in [0.4, 0.5) is 0 Å². The van der Waals surface area contributed by atoms with Crippen LogP contribution in [0.5, 0.6) is 11.5 Å². The first-order chi connectivity index (χ1) is 11.6. The molecule has 2 N–H and O–H groups in total. The van der Waals surface area contributed by atoms with Crippen molar-refractivity contribution in [3.05, 3.63) is 71.8 Å². The van der Waals surface area contributed by atoms with Gasteiger partial charge in [0.2, 0.25) is 0 Å². The number of carbonyl (C=O) groups excluding carboxylic acids is 1. The number of phenolic OH excluding ortho intramolecular Hbond substituents is 1. The van der Waals surface area contributed by atoms with Gasteiger partial charge in [0.05, 0.1) is 18.7 Å². The van der Waals surface area contributed by atoms with Crippen molar-refractivity contribution in [3.8, 4) is 11.5 Å². The number of aromatic hydroxyl groups is 1. The third-order valence-corrected chi connectivity index (χ3v) is 4.08. The fraction of sp³-hybridized carbons (Fsp3) is 0.150. The third kappa shape index (κ3) is 3.04. The summed E-state index contributed by atoms with van der Waals surface area (Å²) in [5, 5.41) is 15.3. The lowest BCUT2D eigenvalue weighted by Crippen LogP contribution is -2.26. The standard InChI is InChI=1S/C20H19NO3/c1-13(15-11-10-14-6-3-4-7-16(14)12-15)21-20(23)17-8-5-9-18(24-2)19(17)22/h3-13,22H,1-2H3,(H,21,23). The second-order valence-corrected chi connectivity index (χ2v) is 5.66. The summed E-state index contributed by atoms with van der Waals surface area (Å²) in [6.07, 6.45) is 0. The summed E-state index contributed by atoms with van der Waals surface area (Å²) < 4.78 is 5.04. The highest BCUT2D eigenvalue weighted by atomic mass is 16.5. The largest absolute Gasteiger partial charge is 0.504 e. The van der Waals surface area contributed by atoms with Crippen LogP contribution in [0, 0.1) is 0 Å². The van der Waals surface area contributed by atoms with Gasteiger partial charge in [-0.2, -0.15) is 0 Å². The molecule has 122 valence electrons. The van der Waals surface area contributed by atoms with Crippen LogP contribution in [-0.2, 0) is 0 Å². The Morgan fingerprint density at radius 1 is 1.04 bits per heavy atom. The topological polar surface area (TPSA) is 58.6 Å². The monoisotopic (exact) mass is 321 g/mol. The van der Waals surface area contributed by atoms with Crippen LogP contribution in [0.1, 0.15) is 28.9 Å². The Bertz CT molecular complexity index is 889. The summed E-state index contributed by atoms with van der Waals surface area (Å²) in [6, 6.07) is 18.8. The fourth-order valence-corrected chi connectivity index (χ4v) is 2.71. The molecule has 3 aromatic carbocycles. The van der Waals surface area contributed by atoms with E-state index in [1.807, 2.05) is 37.3 Å². The van der Waals surface area contributed by atoms with Crippen molar-refractivity contribution in [3.63, 3.8) is 0 Å². The number of ether oxygens (including phenoxy) is 1. The average Bonchev–Trinajstić information content (AvgIpc) is 2.61. The van der Waals surface area contributed by atoms with Gasteiger partial charge in [0.25, 0.3) is 5.91 Å². The van der Waals surface area contributed by atoms with Gasteiger partial charge in [-0.1, -0.05) is 42.5 Å². The lowest BCUT2D eigenvalue weighted by Gasteiger charge is -2.16. The summed E-state index contributed by atoms with van der Waals surface area (Å²) in [7, 11) is 1.45. The summed E-state index contributed by atoms with van der Waals surface area (Å²) in [4.78, 5) is 12.5. The number of methoxy groups -OCH3 is 1. The van der Waals surface area contributed by atoms with E-state index in [9.17, 15) is 9.90 Å². The van der Waals surface area contributed by atoms with Gasteiger partial charge in [0.1, 0.15) is 0 Å². The van der Waals surface area contributed by atoms with Crippen LogP contribution < -0.4 is 10.1 Å². The highest BCUT2D eigenvalue weighted by Crippen LogP contribution is 2.29. The van der Waals surface area contributed by atoms with Gasteiger partial charge in [-0.3, -0.25) is 4.79 Å². The number of rotatable bonds is 4. The number of hydrogen-bond donors (Lipinski definition) is 2. The maximum Gasteiger partial charge on any atom is 0.255 e. The Kier molecular flexibility index (Phi) is 4.38. The zero-order valence-electron chi connectivity index (χ0n) is 13.6. The van der Waals surface area contributed by atoms with E-state index < -0.39 is 0 Å². The number of para-hydroxylation sites is 1. The van der Waals surface area contributed by atoms with Crippen LogP contribution >= 0.6 is 0 Å². The molecule has 0 saturated heterocycles. The fourth-order valence-electron chi connectivity index (χ4n) is 2.71. The van der Waals surface area contributed by atoms with Crippen molar-refractivity contribution in [1.82, 2.24) is 5.32 Å². The maximum absolute atomic E-state index is 12.5. The molecule has 0 bridgehead atoms. The molecule has 3 aromatic rings. The Labute approximate surface area is 140 Å². The maximum atomic E-state index is 12.5. The lowest BCUT2D eigenvalue weighted by atomic mass is 10.0. The Hall–Kier alpha value is -3.01. The van der Waals surface area contributed by atoms with E-state index in [0.717, 1.165) is 16.3 Å². The van der Waals surface area contributed by atoms with Crippen molar-refractivity contribution in [2.45, 2.75) is 13.0 Å². The van der Waals surface area contributed by atoms with Gasteiger partial charge in [-0.25, -0.2) is 0 Å². The van der Waals surface area contributed by atoms with Crippen LogP contribution in [0.3, 0.4) is 0 Å². The van der Waals surface area contributed by atoms with Crippen molar-refractivity contribution in [2.24, 2.45) is 0 Å². The van der Waals surface area contributed by atoms with E-state index in [1.165, 1.54) is 7.11 Å². The van der Waals surface area contributed by atoms with E-state index in [-0.39, 0.29) is 29.0 Å². The average molecular weight is 321 g/mol. The molecule has 0 radical (unpaired) electrons. The van der Waals surface area contributed by atoms with E-state index in [4.69, 9.17) is 4.74 Å². The smallest absolute Gasteiger partial charge is 0.255 e. The van der Waals surface area contributed by atoms with Gasteiger partial charge in [-0.05, 0) is 41.5 Å². The molecule has 0 aliphatic carbocycles. The number of hydrogen-bond acceptors (Lipinski definition) is 3. The van der Waals surface area contributed by atoms with Gasteiger partial charge in [0.15, 0.2) is 11.5 Å². The number of phenols is 1. The molecule has 3 rings (SSSR count). The minimum atomic E-state index is -0.341. The minimum absolute atomic E-state index is 0.150. The molecule has 1 amide bonds. The van der Waals surface area contributed by atoms with Crippen molar-refractivity contribution in [1.29, 1.82) is 0 Å². The highest BCUT2D eigenvalue weighted by molar-refractivity contribution is 5.98. The molecule has 1 unspecified atom stereocenters. The van der Waals surface area contributed by atoms with Crippen LogP contribution in [0.25, 0.3) is 10.8 Å². The van der Waals surface area contributed by atoms with Gasteiger partial charge < -0.3 is 15.2 Å². The second kappa shape index (κ2) is 6.62.